The Hall–Kier alpha value is -0.810. The van der Waals surface area contributed by atoms with E-state index in [9.17, 15) is 4.79 Å². The zero-order valence-corrected chi connectivity index (χ0v) is 8.13. The maximum Gasteiger partial charge on any atom is 0.365 e. The molecule has 1 aliphatic heterocycles. The quantitative estimate of drug-likeness (QED) is 0.489. The van der Waals surface area contributed by atoms with E-state index < -0.39 is 11.7 Å². The highest BCUT2D eigenvalue weighted by atomic mass is 35.5. The minimum absolute atomic E-state index is 0.0121. The van der Waals surface area contributed by atoms with E-state index in [1.165, 1.54) is 14.2 Å². The van der Waals surface area contributed by atoms with E-state index in [1.54, 1.807) is 0 Å². The molecule has 0 spiro atoms. The number of carbonyl (C=O) groups excluding carboxylic acids is 1. The van der Waals surface area contributed by atoms with E-state index in [-0.39, 0.29) is 18.4 Å². The second kappa shape index (κ2) is 3.93. The number of esters is 1. The predicted octanol–water partition coefficient (Wildman–Crippen LogP) is 0.170. The zero-order chi connectivity index (χ0) is 9.90. The predicted molar refractivity (Wildman–Crippen MR) is 45.9 cm³/mol. The molecule has 5 nitrogen and oxygen atoms in total. The third-order valence-corrected chi connectivity index (χ3v) is 1.92. The minimum atomic E-state index is -1.36. The smallest absolute Gasteiger partial charge is 0.365 e. The maximum atomic E-state index is 11.3. The first-order valence-electron chi connectivity index (χ1n) is 3.59. The molecular formula is C7H10ClNO4. The zero-order valence-electron chi connectivity index (χ0n) is 7.37. The number of nitrogens with zero attached hydrogens (tertiary/aromatic N) is 1. The molecule has 13 heavy (non-hydrogen) atoms. The molecule has 0 saturated carbocycles. The van der Waals surface area contributed by atoms with E-state index in [0.29, 0.717) is 0 Å². The summed E-state index contributed by atoms with van der Waals surface area (Å²) in [6.45, 7) is 0.0121. The van der Waals surface area contributed by atoms with Crippen LogP contribution < -0.4 is 0 Å². The molecular weight excluding hydrogens is 198 g/mol. The van der Waals surface area contributed by atoms with E-state index in [0.717, 1.165) is 0 Å². The third-order valence-electron chi connectivity index (χ3n) is 1.70. The molecule has 0 saturated heterocycles. The molecule has 74 valence electrons. The van der Waals surface area contributed by atoms with Crippen LogP contribution in [0.2, 0.25) is 0 Å². The van der Waals surface area contributed by atoms with Crippen molar-refractivity contribution in [3.05, 3.63) is 0 Å². The van der Waals surface area contributed by atoms with Crippen molar-refractivity contribution < 1.29 is 19.0 Å². The molecule has 0 fully saturated rings. The van der Waals surface area contributed by atoms with Crippen LogP contribution in [-0.4, -0.2) is 44.3 Å². The first-order valence-corrected chi connectivity index (χ1v) is 4.13. The molecule has 0 radical (unpaired) electrons. The lowest BCUT2D eigenvalue weighted by Gasteiger charge is -2.18. The van der Waals surface area contributed by atoms with Gasteiger partial charge in [0.15, 0.2) is 6.61 Å². The SMILES string of the molecule is COC(=O)C1(OC)COC(CCl)=N1. The number of methoxy groups -OCH3 is 2. The number of alkyl halides is 1. The molecule has 0 aromatic heterocycles. The van der Waals surface area contributed by atoms with Gasteiger partial charge in [-0.15, -0.1) is 11.6 Å². The van der Waals surface area contributed by atoms with Crippen molar-refractivity contribution in [2.45, 2.75) is 5.72 Å². The van der Waals surface area contributed by atoms with Crippen molar-refractivity contribution in [3.8, 4) is 0 Å². The van der Waals surface area contributed by atoms with Crippen LogP contribution in [-0.2, 0) is 19.0 Å². The number of hydrogen-bond acceptors (Lipinski definition) is 5. The standard InChI is InChI=1S/C7H10ClNO4/c1-11-6(10)7(12-2)4-13-5(3-8)9-7/h3-4H2,1-2H3. The van der Waals surface area contributed by atoms with Gasteiger partial charge in [0.2, 0.25) is 5.90 Å². The Bertz CT molecular complexity index is 243. The summed E-state index contributed by atoms with van der Waals surface area (Å²) in [6.07, 6.45) is 0. The molecule has 1 heterocycles. The Morgan fingerprint density at radius 2 is 2.46 bits per heavy atom. The largest absolute Gasteiger partial charge is 0.474 e. The van der Waals surface area contributed by atoms with Crippen LogP contribution in [0.25, 0.3) is 0 Å². The number of hydrogen-bond donors (Lipinski definition) is 0. The first kappa shape index (κ1) is 10.3. The van der Waals surface area contributed by atoms with Gasteiger partial charge in [0, 0.05) is 7.11 Å². The van der Waals surface area contributed by atoms with Crippen LogP contribution in [0, 0.1) is 0 Å². The molecule has 0 aliphatic carbocycles. The van der Waals surface area contributed by atoms with Crippen molar-refractivity contribution in [1.82, 2.24) is 0 Å². The Kier molecular flexibility index (Phi) is 3.11. The Morgan fingerprint density at radius 1 is 1.77 bits per heavy atom. The fourth-order valence-corrected chi connectivity index (χ4v) is 1.10. The molecule has 1 unspecified atom stereocenters. The van der Waals surface area contributed by atoms with Crippen LogP contribution in [0.15, 0.2) is 4.99 Å². The minimum Gasteiger partial charge on any atom is -0.474 e. The van der Waals surface area contributed by atoms with Gasteiger partial charge in [0.1, 0.15) is 0 Å². The van der Waals surface area contributed by atoms with Gasteiger partial charge < -0.3 is 14.2 Å². The highest BCUT2D eigenvalue weighted by Gasteiger charge is 2.45. The molecule has 0 amide bonds. The van der Waals surface area contributed by atoms with Gasteiger partial charge in [-0.3, -0.25) is 0 Å². The number of rotatable bonds is 3. The monoisotopic (exact) mass is 207 g/mol. The molecule has 0 aromatic rings. The van der Waals surface area contributed by atoms with Gasteiger partial charge in [-0.1, -0.05) is 0 Å². The molecule has 1 atom stereocenters. The van der Waals surface area contributed by atoms with Crippen molar-refractivity contribution in [1.29, 1.82) is 0 Å². The van der Waals surface area contributed by atoms with Crippen molar-refractivity contribution >= 4 is 23.5 Å². The summed E-state index contributed by atoms with van der Waals surface area (Å²) >= 11 is 5.48. The topological polar surface area (TPSA) is 57.1 Å². The summed E-state index contributed by atoms with van der Waals surface area (Å²) in [4.78, 5) is 15.1. The van der Waals surface area contributed by atoms with Gasteiger partial charge in [-0.05, 0) is 0 Å². The van der Waals surface area contributed by atoms with Crippen LogP contribution in [0.3, 0.4) is 0 Å². The highest BCUT2D eigenvalue weighted by Crippen LogP contribution is 2.21. The number of ether oxygens (including phenoxy) is 3. The molecule has 1 aliphatic rings. The third kappa shape index (κ3) is 1.76. The maximum absolute atomic E-state index is 11.3. The lowest BCUT2D eigenvalue weighted by atomic mass is 10.2. The first-order chi connectivity index (χ1) is 6.18. The molecule has 1 rings (SSSR count). The summed E-state index contributed by atoms with van der Waals surface area (Å²) in [5.74, 6) is -0.189. The van der Waals surface area contributed by atoms with E-state index in [2.05, 4.69) is 9.73 Å². The van der Waals surface area contributed by atoms with Crippen molar-refractivity contribution in [2.24, 2.45) is 4.99 Å². The fraction of sp³-hybridized carbons (Fsp3) is 0.714. The van der Waals surface area contributed by atoms with Crippen LogP contribution in [0.5, 0.6) is 0 Å². The highest BCUT2D eigenvalue weighted by molar-refractivity contribution is 6.27. The Labute approximate surface area is 80.6 Å². The van der Waals surface area contributed by atoms with Crippen molar-refractivity contribution in [3.63, 3.8) is 0 Å². The molecule has 0 bridgehead atoms. The summed E-state index contributed by atoms with van der Waals surface area (Å²) in [7, 11) is 2.62. The van der Waals surface area contributed by atoms with Gasteiger partial charge in [-0.25, -0.2) is 9.79 Å². The van der Waals surface area contributed by atoms with E-state index >= 15 is 0 Å². The summed E-state index contributed by atoms with van der Waals surface area (Å²) in [5.41, 5.74) is -1.36. The van der Waals surface area contributed by atoms with Crippen LogP contribution in [0.1, 0.15) is 0 Å². The molecule has 0 N–H and O–H groups in total. The summed E-state index contributed by atoms with van der Waals surface area (Å²) in [5, 5.41) is 0. The van der Waals surface area contributed by atoms with Crippen LogP contribution >= 0.6 is 11.6 Å². The number of carbonyl (C=O) groups is 1. The van der Waals surface area contributed by atoms with Gasteiger partial charge in [0.25, 0.3) is 5.72 Å². The molecule has 0 aromatic carbocycles. The summed E-state index contributed by atoms with van der Waals surface area (Å²) in [6, 6.07) is 0. The lowest BCUT2D eigenvalue weighted by Crippen LogP contribution is -2.41. The van der Waals surface area contributed by atoms with Crippen molar-refractivity contribution in [2.75, 3.05) is 26.7 Å². The Morgan fingerprint density at radius 3 is 2.85 bits per heavy atom. The van der Waals surface area contributed by atoms with Crippen LogP contribution in [0.4, 0.5) is 0 Å². The average molecular weight is 208 g/mol. The van der Waals surface area contributed by atoms with Gasteiger partial charge >= 0.3 is 5.97 Å². The Balaban J connectivity index is 2.84. The lowest BCUT2D eigenvalue weighted by molar-refractivity contribution is -0.166. The second-order valence-electron chi connectivity index (χ2n) is 2.41. The van der Waals surface area contributed by atoms with E-state index in [1.807, 2.05) is 0 Å². The average Bonchev–Trinajstić information content (AvgIpc) is 2.61. The normalized spacial score (nSPS) is 26.5. The number of aliphatic imine (C=N–C) groups is 1. The number of halogens is 1. The van der Waals surface area contributed by atoms with E-state index in [4.69, 9.17) is 21.1 Å². The fourth-order valence-electron chi connectivity index (χ4n) is 0.968. The van der Waals surface area contributed by atoms with Gasteiger partial charge in [-0.2, -0.15) is 0 Å². The molecule has 6 heteroatoms. The second-order valence-corrected chi connectivity index (χ2v) is 2.68. The summed E-state index contributed by atoms with van der Waals surface area (Å²) < 4.78 is 14.5. The van der Waals surface area contributed by atoms with Gasteiger partial charge in [0.05, 0.1) is 13.0 Å².